The van der Waals surface area contributed by atoms with Gasteiger partial charge in [0, 0.05) is 4.88 Å². The maximum atomic E-state index is 13.2. The van der Waals surface area contributed by atoms with Gasteiger partial charge in [0.25, 0.3) is 17.2 Å². The Kier molecular flexibility index (Phi) is 10.2. The number of esters is 2. The van der Waals surface area contributed by atoms with Crippen LogP contribution in [0.25, 0.3) is 0 Å². The third-order valence-corrected chi connectivity index (χ3v) is 7.05. The molecule has 1 heterocycles. The number of rotatable bonds is 10. The minimum Gasteiger partial charge on any atom is -0.469 e. The van der Waals surface area contributed by atoms with E-state index in [1.165, 1.54) is 18.4 Å². The Bertz CT molecular complexity index is 1110. The summed E-state index contributed by atoms with van der Waals surface area (Å²) in [4.78, 5) is 38.7. The van der Waals surface area contributed by atoms with E-state index in [0.717, 1.165) is 14.7 Å². The zero-order valence-electron chi connectivity index (χ0n) is 21.7. The largest absolute Gasteiger partial charge is 0.469 e. The van der Waals surface area contributed by atoms with Gasteiger partial charge in [-0.05, 0) is 71.2 Å². The zero-order chi connectivity index (χ0) is 27.2. The van der Waals surface area contributed by atoms with Crippen LogP contribution in [0.4, 0.5) is 5.69 Å². The van der Waals surface area contributed by atoms with Gasteiger partial charge in [0.1, 0.15) is 5.60 Å². The summed E-state index contributed by atoms with van der Waals surface area (Å²) in [7, 11) is 1.32. The zero-order valence-corrected chi connectivity index (χ0v) is 23.3. The second kappa shape index (κ2) is 12.5. The van der Waals surface area contributed by atoms with Gasteiger partial charge in [-0.2, -0.15) is 0 Å². The summed E-state index contributed by atoms with van der Waals surface area (Å²) in [5.41, 5.74) is 1.97. The molecule has 0 aliphatic rings. The average Bonchev–Trinajstić information content (AvgIpc) is 3.23. The van der Waals surface area contributed by atoms with Crippen molar-refractivity contribution >= 4 is 46.1 Å². The van der Waals surface area contributed by atoms with E-state index in [1.54, 1.807) is 46.8 Å². The molecular formula is C25H34N2O7S2. The third kappa shape index (κ3) is 8.14. The van der Waals surface area contributed by atoms with Crippen LogP contribution < -0.4 is 9.62 Å². The molecule has 2 aromatic rings. The van der Waals surface area contributed by atoms with E-state index in [2.05, 4.69) is 10.1 Å². The molecule has 2 rings (SSSR count). The van der Waals surface area contributed by atoms with E-state index in [0.29, 0.717) is 28.1 Å². The van der Waals surface area contributed by atoms with Gasteiger partial charge in [-0.1, -0.05) is 17.7 Å². The number of ether oxygens (including phenoxy) is 2. The number of methoxy groups -OCH3 is 1. The molecule has 0 spiro atoms. The molecular weight excluding hydrogens is 504 g/mol. The molecule has 0 radical (unpaired) electrons. The number of thiophene rings is 1. The lowest BCUT2D eigenvalue weighted by atomic mass is 10.0. The Morgan fingerprint density at radius 2 is 1.75 bits per heavy atom. The van der Waals surface area contributed by atoms with Crippen LogP contribution in [0.1, 0.15) is 58.4 Å². The Labute approximate surface area is 218 Å². The van der Waals surface area contributed by atoms with Gasteiger partial charge < -0.3 is 14.8 Å². The lowest BCUT2D eigenvalue weighted by Gasteiger charge is -2.33. The molecule has 0 bridgehead atoms. The van der Waals surface area contributed by atoms with Crippen molar-refractivity contribution in [2.24, 2.45) is 0 Å². The molecule has 0 saturated carbocycles. The van der Waals surface area contributed by atoms with Crippen LogP contribution in [0.2, 0.25) is 0 Å². The maximum Gasteiger partial charge on any atom is 0.332 e. The highest BCUT2D eigenvalue weighted by atomic mass is 32.2. The van der Waals surface area contributed by atoms with Crippen molar-refractivity contribution in [2.45, 2.75) is 66.0 Å². The molecule has 1 amide bonds. The summed E-state index contributed by atoms with van der Waals surface area (Å²) in [6.07, 6.45) is 0.639. The van der Waals surface area contributed by atoms with Gasteiger partial charge in [-0.25, -0.2) is 9.00 Å². The van der Waals surface area contributed by atoms with E-state index in [1.807, 2.05) is 19.1 Å². The van der Waals surface area contributed by atoms with Crippen molar-refractivity contribution < 1.29 is 32.6 Å². The highest BCUT2D eigenvalue weighted by Gasteiger charge is 2.36. The minimum absolute atomic E-state index is 0.200. The van der Waals surface area contributed by atoms with Crippen LogP contribution in [-0.4, -0.2) is 51.9 Å². The van der Waals surface area contributed by atoms with Crippen molar-refractivity contribution in [1.29, 1.82) is 0 Å². The average molecular weight is 539 g/mol. The molecule has 198 valence electrons. The number of hydrogen-bond acceptors (Lipinski definition) is 7. The predicted octanol–water partition coefficient (Wildman–Crippen LogP) is 3.86. The number of aryl methyl sites for hydroxylation is 4. The summed E-state index contributed by atoms with van der Waals surface area (Å²) < 4.78 is 34.1. The van der Waals surface area contributed by atoms with Crippen molar-refractivity contribution in [3.8, 4) is 0 Å². The third-order valence-electron chi connectivity index (χ3n) is 5.13. The van der Waals surface area contributed by atoms with Crippen LogP contribution in [-0.2, 0) is 36.8 Å². The van der Waals surface area contributed by atoms with Gasteiger partial charge in [-0.3, -0.25) is 18.4 Å². The van der Waals surface area contributed by atoms with Crippen LogP contribution in [0.3, 0.4) is 0 Å². The summed E-state index contributed by atoms with van der Waals surface area (Å²) in [5, 5.41) is 2.70. The molecule has 11 heteroatoms. The van der Waals surface area contributed by atoms with E-state index in [-0.39, 0.29) is 18.9 Å². The van der Waals surface area contributed by atoms with Gasteiger partial charge in [-0.15, -0.1) is 11.3 Å². The molecule has 1 aromatic carbocycles. The Morgan fingerprint density at radius 1 is 1.14 bits per heavy atom. The highest BCUT2D eigenvalue weighted by Crippen LogP contribution is 2.30. The Balaban J connectivity index is 2.32. The summed E-state index contributed by atoms with van der Waals surface area (Å²) >= 11 is -1.36. The number of carbonyl (C=O) groups is 3. The monoisotopic (exact) mass is 538 g/mol. The van der Waals surface area contributed by atoms with Gasteiger partial charge in [0.05, 0.1) is 30.6 Å². The molecule has 0 aliphatic heterocycles. The van der Waals surface area contributed by atoms with E-state index < -0.39 is 34.8 Å². The minimum atomic E-state index is -2.58. The van der Waals surface area contributed by atoms with Crippen molar-refractivity contribution in [3.63, 3.8) is 0 Å². The van der Waals surface area contributed by atoms with E-state index in [4.69, 9.17) is 4.74 Å². The molecule has 0 fully saturated rings. The second-order valence-electron chi connectivity index (χ2n) is 9.41. The predicted molar refractivity (Wildman–Crippen MR) is 141 cm³/mol. The Hall–Kier alpha value is -2.76. The van der Waals surface area contributed by atoms with Crippen LogP contribution >= 0.6 is 11.3 Å². The first-order chi connectivity index (χ1) is 16.7. The molecule has 2 N–H and O–H groups in total. The van der Waals surface area contributed by atoms with Crippen molar-refractivity contribution in [2.75, 3.05) is 18.0 Å². The quantitative estimate of drug-likeness (QED) is 0.348. The first-order valence-corrected chi connectivity index (χ1v) is 13.3. The molecule has 0 saturated heterocycles. The lowest BCUT2D eigenvalue weighted by molar-refractivity contribution is -0.156. The van der Waals surface area contributed by atoms with Gasteiger partial charge in [0.2, 0.25) is 0 Å². The number of nitrogens with one attached hydrogen (secondary N) is 1. The highest BCUT2D eigenvalue weighted by molar-refractivity contribution is 7.80. The van der Waals surface area contributed by atoms with Crippen molar-refractivity contribution in [1.82, 2.24) is 5.32 Å². The van der Waals surface area contributed by atoms with Crippen LogP contribution in [0, 0.1) is 20.8 Å². The van der Waals surface area contributed by atoms with Crippen LogP contribution in [0.5, 0.6) is 0 Å². The number of nitrogens with zero attached hydrogens (tertiary/aromatic N) is 1. The SMILES string of the molecule is COC(=O)CCc1ccc(C(=O)NCC(C(=O)OC(C)(C)C)N(c2c(C)cc(C)cc2C)S(=O)O)s1. The number of benzene rings is 1. The standard InChI is InChI=1S/C25H34N2O7S2/c1-15-12-16(2)22(17(3)13-15)27(36(31)32)19(24(30)34-25(4,5)6)14-26-23(29)20-10-8-18(35-20)9-11-21(28)33-7/h8,10,12-13,19H,9,11,14H2,1-7H3,(H,26,29)(H,31,32). The molecule has 2 atom stereocenters. The topological polar surface area (TPSA) is 122 Å². The van der Waals surface area contributed by atoms with Crippen LogP contribution in [0.15, 0.2) is 24.3 Å². The normalized spacial score (nSPS) is 13.0. The Morgan fingerprint density at radius 3 is 2.28 bits per heavy atom. The fourth-order valence-corrected chi connectivity index (χ4v) is 5.48. The van der Waals surface area contributed by atoms with Gasteiger partial charge >= 0.3 is 11.9 Å². The molecule has 9 nitrogen and oxygen atoms in total. The number of hydrogen-bond donors (Lipinski definition) is 2. The second-order valence-corrected chi connectivity index (χ2v) is 11.4. The summed E-state index contributed by atoms with van der Waals surface area (Å²) in [5.74, 6) is -1.53. The summed E-state index contributed by atoms with van der Waals surface area (Å²) in [6, 6.07) is 5.83. The van der Waals surface area contributed by atoms with Gasteiger partial charge in [0.15, 0.2) is 6.04 Å². The number of carbonyl (C=O) groups excluding carboxylic acids is 3. The molecule has 1 aromatic heterocycles. The fourth-order valence-electron chi connectivity index (χ4n) is 3.73. The number of amides is 1. The summed E-state index contributed by atoms with van der Waals surface area (Å²) in [6.45, 7) is 10.3. The van der Waals surface area contributed by atoms with E-state index in [9.17, 15) is 23.1 Å². The molecule has 0 aliphatic carbocycles. The molecule has 36 heavy (non-hydrogen) atoms. The first-order valence-electron chi connectivity index (χ1n) is 11.4. The van der Waals surface area contributed by atoms with E-state index >= 15 is 0 Å². The van der Waals surface area contributed by atoms with Crippen molar-refractivity contribution in [3.05, 3.63) is 50.7 Å². The maximum absolute atomic E-state index is 13.2. The fraction of sp³-hybridized carbons (Fsp3) is 0.480. The number of anilines is 1. The first kappa shape index (κ1) is 29.5. The lowest BCUT2D eigenvalue weighted by Crippen LogP contribution is -2.52. The molecule has 2 unspecified atom stereocenters. The smallest absolute Gasteiger partial charge is 0.332 e.